The molecule has 1 aliphatic heterocycles. The van der Waals surface area contributed by atoms with Gasteiger partial charge in [-0.25, -0.2) is 0 Å². The van der Waals surface area contributed by atoms with Gasteiger partial charge in [-0.2, -0.15) is 0 Å². The normalized spacial score (nSPS) is 32.9. The van der Waals surface area contributed by atoms with E-state index in [1.165, 1.54) is 16.8 Å². The van der Waals surface area contributed by atoms with Crippen LogP contribution in [0.3, 0.4) is 0 Å². The quantitative estimate of drug-likeness (QED) is 0.483. The Morgan fingerprint density at radius 3 is 2.71 bits per heavy atom. The van der Waals surface area contributed by atoms with Crippen molar-refractivity contribution in [2.24, 2.45) is 0 Å². The zero-order valence-electron chi connectivity index (χ0n) is 8.68. The number of rotatable bonds is 2. The topological polar surface area (TPSA) is 108 Å². The third kappa shape index (κ3) is 2.17. The molecule has 0 bridgehead atoms. The van der Waals surface area contributed by atoms with E-state index in [2.05, 4.69) is 4.98 Å². The molecule has 0 spiro atoms. The van der Waals surface area contributed by atoms with Crippen LogP contribution in [-0.4, -0.2) is 49.8 Å². The number of aliphatic hydroxyl groups is 3. The van der Waals surface area contributed by atoms with Crippen molar-refractivity contribution in [1.29, 1.82) is 0 Å². The number of H-pyrrole nitrogens is 1. The molecule has 17 heavy (non-hydrogen) atoms. The highest BCUT2D eigenvalue weighted by Crippen LogP contribution is 2.28. The summed E-state index contributed by atoms with van der Waals surface area (Å²) >= 11 is 4.91. The molecule has 1 aromatic rings. The summed E-state index contributed by atoms with van der Waals surface area (Å²) < 4.78 is 6.66. The fraction of sp³-hybridized carbons (Fsp3) is 0.556. The molecule has 1 fully saturated rings. The smallest absolute Gasteiger partial charge is 0.251 e. The molecule has 2 heterocycles. The fourth-order valence-corrected chi connectivity index (χ4v) is 2.00. The summed E-state index contributed by atoms with van der Waals surface area (Å²) in [5, 5.41) is 28.3. The summed E-state index contributed by atoms with van der Waals surface area (Å²) in [5.41, 5.74) is -0.363. The highest BCUT2D eigenvalue weighted by Gasteiger charge is 2.43. The summed E-state index contributed by atoms with van der Waals surface area (Å²) in [6.45, 7) is -0.411. The first-order valence-corrected chi connectivity index (χ1v) is 5.39. The second-order valence-corrected chi connectivity index (χ2v) is 4.13. The molecular formula is C9H12N2O5S. The van der Waals surface area contributed by atoms with E-state index in [9.17, 15) is 15.0 Å². The van der Waals surface area contributed by atoms with Gasteiger partial charge in [-0.05, 0) is 12.2 Å². The van der Waals surface area contributed by atoms with Crippen molar-refractivity contribution in [1.82, 2.24) is 9.55 Å². The minimum Gasteiger partial charge on any atom is -0.394 e. The average molecular weight is 260 g/mol. The Morgan fingerprint density at radius 1 is 1.47 bits per heavy atom. The van der Waals surface area contributed by atoms with Gasteiger partial charge >= 0.3 is 0 Å². The molecule has 7 nitrogen and oxygen atoms in total. The fourth-order valence-electron chi connectivity index (χ4n) is 1.74. The Hall–Kier alpha value is -1.06. The zero-order chi connectivity index (χ0) is 12.6. The first kappa shape index (κ1) is 12.4. The maximum absolute atomic E-state index is 11.0. The zero-order valence-corrected chi connectivity index (χ0v) is 9.50. The Morgan fingerprint density at radius 2 is 2.18 bits per heavy atom. The van der Waals surface area contributed by atoms with Gasteiger partial charge < -0.3 is 20.1 Å². The lowest BCUT2D eigenvalue weighted by atomic mass is 10.1. The lowest BCUT2D eigenvalue weighted by Crippen LogP contribution is -2.33. The van der Waals surface area contributed by atoms with Crippen LogP contribution < -0.4 is 5.56 Å². The van der Waals surface area contributed by atoms with Crippen molar-refractivity contribution in [3.8, 4) is 0 Å². The van der Waals surface area contributed by atoms with Crippen molar-refractivity contribution in [3.63, 3.8) is 0 Å². The highest BCUT2D eigenvalue weighted by atomic mass is 32.1. The summed E-state index contributed by atoms with van der Waals surface area (Å²) in [5.74, 6) is 0. The van der Waals surface area contributed by atoms with Gasteiger partial charge in [0.25, 0.3) is 5.56 Å². The van der Waals surface area contributed by atoms with Crippen LogP contribution in [0.25, 0.3) is 0 Å². The molecule has 0 radical (unpaired) electrons. The number of aromatic amines is 1. The Bertz CT molecular complexity index is 513. The predicted molar refractivity (Wildman–Crippen MR) is 58.9 cm³/mol. The molecule has 4 atom stereocenters. The van der Waals surface area contributed by atoms with Gasteiger partial charge in [0.15, 0.2) is 11.0 Å². The first-order valence-electron chi connectivity index (χ1n) is 4.98. The van der Waals surface area contributed by atoms with Crippen LogP contribution in [-0.2, 0) is 4.74 Å². The molecule has 0 saturated carbocycles. The van der Waals surface area contributed by atoms with Gasteiger partial charge in [0.05, 0.1) is 6.61 Å². The summed E-state index contributed by atoms with van der Waals surface area (Å²) in [6, 6.07) is 1.23. The second-order valence-electron chi connectivity index (χ2n) is 3.75. The predicted octanol–water partition coefficient (Wildman–Crippen LogP) is -1.48. The molecule has 4 N–H and O–H groups in total. The van der Waals surface area contributed by atoms with Gasteiger partial charge in [0.1, 0.15) is 18.3 Å². The van der Waals surface area contributed by atoms with Crippen LogP contribution in [0.4, 0.5) is 0 Å². The van der Waals surface area contributed by atoms with E-state index in [1.807, 2.05) is 0 Å². The number of aromatic nitrogens is 2. The molecule has 1 aliphatic rings. The second kappa shape index (κ2) is 4.67. The van der Waals surface area contributed by atoms with Gasteiger partial charge in [0, 0.05) is 12.3 Å². The third-order valence-corrected chi connectivity index (χ3v) is 2.96. The minimum atomic E-state index is -1.22. The van der Waals surface area contributed by atoms with Gasteiger partial charge in [-0.3, -0.25) is 14.3 Å². The van der Waals surface area contributed by atoms with Crippen LogP contribution in [0.15, 0.2) is 17.1 Å². The molecule has 8 heteroatoms. The average Bonchev–Trinajstić information content (AvgIpc) is 2.57. The van der Waals surface area contributed by atoms with E-state index < -0.39 is 31.1 Å². The summed E-state index contributed by atoms with van der Waals surface area (Å²) in [7, 11) is 0. The number of nitrogens with one attached hydrogen (secondary N) is 1. The van der Waals surface area contributed by atoms with Crippen molar-refractivity contribution in [2.75, 3.05) is 6.61 Å². The van der Waals surface area contributed by atoms with Crippen molar-refractivity contribution < 1.29 is 20.1 Å². The van der Waals surface area contributed by atoms with Crippen molar-refractivity contribution in [3.05, 3.63) is 27.4 Å². The number of aliphatic hydroxyl groups excluding tert-OH is 3. The molecule has 0 aliphatic carbocycles. The summed E-state index contributed by atoms with van der Waals surface area (Å²) in [6.07, 6.45) is -2.85. The molecule has 1 aromatic heterocycles. The van der Waals surface area contributed by atoms with Crippen LogP contribution in [0, 0.1) is 4.77 Å². The molecule has 1 saturated heterocycles. The van der Waals surface area contributed by atoms with E-state index in [0.717, 1.165) is 0 Å². The lowest BCUT2D eigenvalue weighted by molar-refractivity contribution is -0.0541. The van der Waals surface area contributed by atoms with Gasteiger partial charge in [0.2, 0.25) is 0 Å². The SMILES string of the molecule is O=c1ccn([C@@H]2O[C@H](CO)C(O)[C@@H]2O)c(=S)[nH]1. The van der Waals surface area contributed by atoms with Gasteiger partial charge in [-0.15, -0.1) is 0 Å². The number of nitrogens with zero attached hydrogens (tertiary/aromatic N) is 1. The Kier molecular flexibility index (Phi) is 3.40. The van der Waals surface area contributed by atoms with E-state index in [4.69, 9.17) is 22.1 Å². The maximum atomic E-state index is 11.0. The van der Waals surface area contributed by atoms with Crippen molar-refractivity contribution in [2.45, 2.75) is 24.5 Å². The lowest BCUT2D eigenvalue weighted by Gasteiger charge is -2.17. The maximum Gasteiger partial charge on any atom is 0.251 e. The highest BCUT2D eigenvalue weighted by molar-refractivity contribution is 7.71. The molecule has 2 rings (SSSR count). The van der Waals surface area contributed by atoms with Gasteiger partial charge in [-0.1, -0.05) is 0 Å². The molecule has 94 valence electrons. The largest absolute Gasteiger partial charge is 0.394 e. The first-order chi connectivity index (χ1) is 8.04. The van der Waals surface area contributed by atoms with Crippen LogP contribution in [0.1, 0.15) is 6.23 Å². The standard InChI is InChI=1S/C9H12N2O5S/c12-3-4-6(14)7(15)8(16-4)11-2-1-5(13)10-9(11)17/h1-2,4,6-8,12,14-15H,3H2,(H,10,13,17)/t4-,6?,7+,8-/m1/s1. The molecule has 0 amide bonds. The van der Waals surface area contributed by atoms with Crippen LogP contribution in [0.5, 0.6) is 0 Å². The third-order valence-electron chi connectivity index (χ3n) is 2.64. The summed E-state index contributed by atoms with van der Waals surface area (Å²) in [4.78, 5) is 13.4. The van der Waals surface area contributed by atoms with E-state index in [1.54, 1.807) is 0 Å². The van der Waals surface area contributed by atoms with E-state index >= 15 is 0 Å². The van der Waals surface area contributed by atoms with E-state index in [-0.39, 0.29) is 10.3 Å². The monoisotopic (exact) mass is 260 g/mol. The number of ether oxygens (including phenoxy) is 1. The van der Waals surface area contributed by atoms with Crippen LogP contribution in [0.2, 0.25) is 0 Å². The molecule has 0 aromatic carbocycles. The molecule has 1 unspecified atom stereocenters. The number of hydrogen-bond donors (Lipinski definition) is 4. The van der Waals surface area contributed by atoms with Crippen molar-refractivity contribution >= 4 is 12.2 Å². The van der Waals surface area contributed by atoms with Crippen LogP contribution >= 0.6 is 12.2 Å². The Balaban J connectivity index is 2.35. The molecular weight excluding hydrogens is 248 g/mol. The number of hydrogen-bond acceptors (Lipinski definition) is 6. The van der Waals surface area contributed by atoms with E-state index in [0.29, 0.717) is 0 Å². The Labute approximate surface area is 101 Å². The minimum absolute atomic E-state index is 0.0762.